The fourth-order valence-electron chi connectivity index (χ4n) is 1.80. The summed E-state index contributed by atoms with van der Waals surface area (Å²) < 4.78 is 1.98. The van der Waals surface area contributed by atoms with Crippen LogP contribution in [-0.2, 0) is 13.0 Å². The maximum absolute atomic E-state index is 6.26. The number of nitrogens with zero attached hydrogens (tertiary/aromatic N) is 2. The smallest absolute Gasteiger partial charge is 0.0847 e. The molecule has 1 aromatic heterocycles. The molecule has 0 fully saturated rings. The van der Waals surface area contributed by atoms with E-state index in [1.807, 2.05) is 24.7 Å². The number of rotatable bonds is 6. The van der Waals surface area contributed by atoms with Gasteiger partial charge >= 0.3 is 0 Å². The minimum Gasteiger partial charge on any atom is -0.316 e. The number of aromatic nitrogens is 2. The lowest BCUT2D eigenvalue weighted by Gasteiger charge is -2.15. The zero-order valence-corrected chi connectivity index (χ0v) is 11.0. The van der Waals surface area contributed by atoms with Crippen LogP contribution in [0.5, 0.6) is 0 Å². The van der Waals surface area contributed by atoms with E-state index in [1.165, 1.54) is 0 Å². The second-order valence-electron chi connectivity index (χ2n) is 3.88. The highest BCUT2D eigenvalue weighted by Crippen LogP contribution is 2.22. The van der Waals surface area contributed by atoms with E-state index in [1.54, 1.807) is 0 Å². The van der Waals surface area contributed by atoms with Crippen molar-refractivity contribution in [1.29, 1.82) is 0 Å². The molecule has 0 bridgehead atoms. The molecule has 1 aromatic rings. The molecule has 0 saturated heterocycles. The van der Waals surface area contributed by atoms with Crippen molar-refractivity contribution in [3.8, 4) is 0 Å². The summed E-state index contributed by atoms with van der Waals surface area (Å²) in [5.41, 5.74) is 2.02. The Morgan fingerprint density at radius 1 is 1.62 bits per heavy atom. The van der Waals surface area contributed by atoms with Gasteiger partial charge < -0.3 is 5.32 Å². The molecule has 1 rings (SSSR count). The molecule has 0 radical (unpaired) electrons. The van der Waals surface area contributed by atoms with E-state index in [4.69, 9.17) is 11.6 Å². The van der Waals surface area contributed by atoms with Gasteiger partial charge in [0, 0.05) is 19.0 Å². The topological polar surface area (TPSA) is 29.9 Å². The molecule has 0 amide bonds. The van der Waals surface area contributed by atoms with E-state index in [0.717, 1.165) is 35.8 Å². The van der Waals surface area contributed by atoms with Crippen LogP contribution in [-0.4, -0.2) is 22.9 Å². The van der Waals surface area contributed by atoms with E-state index in [2.05, 4.69) is 23.9 Å². The predicted molar refractivity (Wildman–Crippen MR) is 69.0 cm³/mol. The summed E-state index contributed by atoms with van der Waals surface area (Å²) in [6.45, 7) is 8.64. The molecule has 0 spiro atoms. The van der Waals surface area contributed by atoms with Gasteiger partial charge in [-0.15, -0.1) is 6.58 Å². The van der Waals surface area contributed by atoms with Crippen LogP contribution in [0.15, 0.2) is 12.7 Å². The second kappa shape index (κ2) is 6.06. The Kier molecular flexibility index (Phi) is 5.03. The van der Waals surface area contributed by atoms with Gasteiger partial charge in [-0.2, -0.15) is 5.10 Å². The molecule has 0 aliphatic rings. The van der Waals surface area contributed by atoms with Gasteiger partial charge in [-0.1, -0.05) is 17.7 Å². The van der Waals surface area contributed by atoms with Gasteiger partial charge in [0.2, 0.25) is 0 Å². The Labute approximate surface area is 102 Å². The average Bonchev–Trinajstić information content (AvgIpc) is 2.55. The van der Waals surface area contributed by atoms with E-state index >= 15 is 0 Å². The Hall–Kier alpha value is -0.800. The van der Waals surface area contributed by atoms with Gasteiger partial charge in [0.25, 0.3) is 0 Å². The quantitative estimate of drug-likeness (QED) is 0.776. The van der Waals surface area contributed by atoms with E-state index in [9.17, 15) is 0 Å². The first-order valence-corrected chi connectivity index (χ1v) is 6.01. The second-order valence-corrected chi connectivity index (χ2v) is 4.25. The van der Waals surface area contributed by atoms with Crippen LogP contribution in [0.2, 0.25) is 5.02 Å². The van der Waals surface area contributed by atoms with E-state index in [-0.39, 0.29) is 0 Å². The summed E-state index contributed by atoms with van der Waals surface area (Å²) in [6, 6.07) is 0.372. The maximum atomic E-state index is 6.26. The average molecular weight is 242 g/mol. The Morgan fingerprint density at radius 3 is 2.81 bits per heavy atom. The fourth-order valence-corrected chi connectivity index (χ4v) is 2.01. The largest absolute Gasteiger partial charge is 0.316 e. The molecule has 0 aromatic carbocycles. The van der Waals surface area contributed by atoms with Gasteiger partial charge in [-0.25, -0.2) is 0 Å². The highest BCUT2D eigenvalue weighted by atomic mass is 35.5. The monoisotopic (exact) mass is 241 g/mol. The summed E-state index contributed by atoms with van der Waals surface area (Å²) in [6.07, 6.45) is 3.74. The van der Waals surface area contributed by atoms with Gasteiger partial charge in [0.1, 0.15) is 0 Å². The van der Waals surface area contributed by atoms with Crippen LogP contribution < -0.4 is 5.32 Å². The van der Waals surface area contributed by atoms with Crippen LogP contribution in [0.3, 0.4) is 0 Å². The number of hydrogen-bond donors (Lipinski definition) is 1. The summed E-state index contributed by atoms with van der Waals surface area (Å²) in [5.74, 6) is 0. The molecular weight excluding hydrogens is 222 g/mol. The number of nitrogens with one attached hydrogen (secondary N) is 1. The van der Waals surface area contributed by atoms with Crippen LogP contribution in [0, 0.1) is 6.92 Å². The Morgan fingerprint density at radius 2 is 2.31 bits per heavy atom. The number of halogens is 1. The van der Waals surface area contributed by atoms with Gasteiger partial charge in [0.05, 0.1) is 16.4 Å². The van der Waals surface area contributed by atoms with Crippen molar-refractivity contribution in [1.82, 2.24) is 15.1 Å². The molecule has 1 unspecified atom stereocenters. The number of hydrogen-bond acceptors (Lipinski definition) is 2. The lowest BCUT2D eigenvalue weighted by molar-refractivity contribution is 0.526. The first kappa shape index (κ1) is 13.3. The molecule has 1 atom stereocenters. The van der Waals surface area contributed by atoms with E-state index in [0.29, 0.717) is 6.04 Å². The zero-order chi connectivity index (χ0) is 12.1. The van der Waals surface area contributed by atoms with Crippen molar-refractivity contribution in [3.05, 3.63) is 29.1 Å². The summed E-state index contributed by atoms with van der Waals surface area (Å²) in [4.78, 5) is 0. The Balaban J connectivity index is 2.89. The van der Waals surface area contributed by atoms with Gasteiger partial charge in [-0.3, -0.25) is 4.68 Å². The number of aryl methyl sites for hydroxylation is 2. The fraction of sp³-hybridized carbons (Fsp3) is 0.583. The molecule has 1 heterocycles. The third kappa shape index (κ3) is 2.86. The molecule has 0 aliphatic heterocycles. The molecule has 1 N–H and O–H groups in total. The third-order valence-corrected chi connectivity index (χ3v) is 3.24. The number of likely N-dealkylation sites (N-methyl/N-ethyl adjacent to an activating group) is 1. The maximum Gasteiger partial charge on any atom is 0.0847 e. The molecule has 16 heavy (non-hydrogen) atoms. The summed E-state index contributed by atoms with van der Waals surface area (Å²) in [7, 11) is 1.96. The highest BCUT2D eigenvalue weighted by molar-refractivity contribution is 6.31. The standard InChI is InChI=1S/C12H20ClN3/c1-5-7-10(14-4)8-11-12(13)9(3)15-16(11)6-2/h5,10,14H,1,6-8H2,2-4H3. The molecular formula is C12H20ClN3. The molecule has 90 valence electrons. The van der Waals surface area contributed by atoms with Crippen LogP contribution in [0.25, 0.3) is 0 Å². The molecule has 3 nitrogen and oxygen atoms in total. The molecule has 0 saturated carbocycles. The van der Waals surface area contributed by atoms with Crippen LogP contribution in [0.1, 0.15) is 24.7 Å². The minimum atomic E-state index is 0.372. The first-order chi connectivity index (χ1) is 7.63. The molecule has 0 aliphatic carbocycles. The van der Waals surface area contributed by atoms with Crippen LogP contribution >= 0.6 is 11.6 Å². The minimum absolute atomic E-state index is 0.372. The zero-order valence-electron chi connectivity index (χ0n) is 10.3. The van der Waals surface area contributed by atoms with Crippen LogP contribution in [0.4, 0.5) is 0 Å². The van der Waals surface area contributed by atoms with Gasteiger partial charge in [-0.05, 0) is 27.3 Å². The third-order valence-electron chi connectivity index (χ3n) is 2.75. The highest BCUT2D eigenvalue weighted by Gasteiger charge is 2.15. The lowest BCUT2D eigenvalue weighted by Crippen LogP contribution is -2.28. The van der Waals surface area contributed by atoms with Crippen molar-refractivity contribution in [2.24, 2.45) is 0 Å². The SMILES string of the molecule is C=CCC(Cc1c(Cl)c(C)nn1CC)NC. The summed E-state index contributed by atoms with van der Waals surface area (Å²) >= 11 is 6.26. The van der Waals surface area contributed by atoms with Crippen molar-refractivity contribution in [2.75, 3.05) is 7.05 Å². The van der Waals surface area contributed by atoms with E-state index < -0.39 is 0 Å². The summed E-state index contributed by atoms with van der Waals surface area (Å²) in [5, 5.41) is 8.47. The van der Waals surface area contributed by atoms with Crippen molar-refractivity contribution < 1.29 is 0 Å². The normalized spacial score (nSPS) is 12.8. The predicted octanol–water partition coefficient (Wildman–Crippen LogP) is 2.57. The van der Waals surface area contributed by atoms with Crippen molar-refractivity contribution >= 4 is 11.6 Å². The van der Waals surface area contributed by atoms with Gasteiger partial charge in [0.15, 0.2) is 0 Å². The lowest BCUT2D eigenvalue weighted by atomic mass is 10.1. The molecule has 4 heteroatoms. The Bertz CT molecular complexity index is 357. The van der Waals surface area contributed by atoms with Crippen molar-refractivity contribution in [2.45, 2.75) is 39.3 Å². The van der Waals surface area contributed by atoms with Crippen molar-refractivity contribution in [3.63, 3.8) is 0 Å². The first-order valence-electron chi connectivity index (χ1n) is 5.63.